The Hall–Kier alpha value is -1.89. The van der Waals surface area contributed by atoms with E-state index in [4.69, 9.17) is 0 Å². The third-order valence-corrected chi connectivity index (χ3v) is 2.36. The van der Waals surface area contributed by atoms with Gasteiger partial charge in [0.05, 0.1) is 0 Å². The summed E-state index contributed by atoms with van der Waals surface area (Å²) in [5, 5.41) is 2.35. The molecule has 0 unspecified atom stereocenters. The normalized spacial score (nSPS) is 11.7. The van der Waals surface area contributed by atoms with Gasteiger partial charge in [0, 0.05) is 5.57 Å². The lowest BCUT2D eigenvalue weighted by Gasteiger charge is -2.01. The summed E-state index contributed by atoms with van der Waals surface area (Å²) in [6.07, 6.45) is 3.75. The van der Waals surface area contributed by atoms with Crippen molar-refractivity contribution in [2.45, 2.75) is 6.92 Å². The monoisotopic (exact) mass is 195 g/mol. The van der Waals surface area contributed by atoms with Crippen LogP contribution in [0.1, 0.15) is 12.5 Å². The van der Waals surface area contributed by atoms with E-state index in [1.54, 1.807) is 6.92 Å². The summed E-state index contributed by atoms with van der Waals surface area (Å²) in [5.74, 6) is 0. The molecule has 0 aromatic heterocycles. The number of rotatable bonds is 2. The van der Waals surface area contributed by atoms with Crippen LogP contribution >= 0.6 is 0 Å². The minimum atomic E-state index is 0.617. The summed E-state index contributed by atoms with van der Waals surface area (Å²) in [5.41, 5.74) is 1.68. The van der Waals surface area contributed by atoms with Crippen molar-refractivity contribution in [3.8, 4) is 0 Å². The summed E-state index contributed by atoms with van der Waals surface area (Å²) < 4.78 is 0. The van der Waals surface area contributed by atoms with E-state index >= 15 is 0 Å². The van der Waals surface area contributed by atoms with Crippen LogP contribution < -0.4 is 0 Å². The Morgan fingerprint density at radius 3 is 2.67 bits per heavy atom. The highest BCUT2D eigenvalue weighted by Crippen LogP contribution is 2.20. The van der Waals surface area contributed by atoms with E-state index in [2.05, 4.69) is 18.2 Å². The first kappa shape index (κ1) is 9.66. The molecule has 2 rings (SSSR count). The van der Waals surface area contributed by atoms with Crippen molar-refractivity contribution in [2.75, 3.05) is 0 Å². The Morgan fingerprint density at radius 1 is 1.13 bits per heavy atom. The predicted molar refractivity (Wildman–Crippen MR) is 63.3 cm³/mol. The fourth-order valence-corrected chi connectivity index (χ4v) is 1.64. The molecule has 0 aliphatic carbocycles. The highest BCUT2D eigenvalue weighted by Gasteiger charge is 1.97. The second-order valence-electron chi connectivity index (χ2n) is 3.50. The van der Waals surface area contributed by atoms with Crippen LogP contribution in [-0.4, -0.2) is 6.29 Å². The molecule has 0 bridgehead atoms. The number of hydrogen-bond acceptors (Lipinski definition) is 1. The summed E-state index contributed by atoms with van der Waals surface area (Å²) in [7, 11) is 0. The highest BCUT2D eigenvalue weighted by molar-refractivity contribution is 5.93. The fraction of sp³-hybridized carbons (Fsp3) is 0.0714. The lowest BCUT2D eigenvalue weighted by atomic mass is 10.0. The van der Waals surface area contributed by atoms with Gasteiger partial charge < -0.3 is 0 Å². The van der Waals surface area contributed by atoms with Crippen LogP contribution in [0, 0.1) is 0 Å². The third-order valence-electron chi connectivity index (χ3n) is 2.36. The quantitative estimate of drug-likeness (QED) is 0.671. The standard InChI is InChI=1S/C14H11O/c1-11(10-15)9-13-7-4-6-12-5-2-3-8-14(12)13/h2-9H,1H3. The van der Waals surface area contributed by atoms with Crippen molar-refractivity contribution in [3.63, 3.8) is 0 Å². The zero-order valence-corrected chi connectivity index (χ0v) is 8.53. The third kappa shape index (κ3) is 1.96. The molecule has 0 N–H and O–H groups in total. The van der Waals surface area contributed by atoms with E-state index in [0.29, 0.717) is 5.57 Å². The summed E-state index contributed by atoms with van der Waals surface area (Å²) >= 11 is 0. The molecule has 15 heavy (non-hydrogen) atoms. The average molecular weight is 195 g/mol. The molecule has 0 saturated carbocycles. The van der Waals surface area contributed by atoms with E-state index in [1.165, 1.54) is 5.39 Å². The SMILES string of the molecule is CC([C]=O)=Cc1cccc2ccccc12. The molecule has 0 spiro atoms. The maximum atomic E-state index is 10.5. The molecule has 1 nitrogen and oxygen atoms in total. The van der Waals surface area contributed by atoms with Crippen molar-refractivity contribution >= 4 is 23.1 Å². The van der Waals surface area contributed by atoms with Gasteiger partial charge >= 0.3 is 0 Å². The molecule has 2 aromatic rings. The molecule has 0 atom stereocenters. The van der Waals surface area contributed by atoms with Gasteiger partial charge in [-0.05, 0) is 29.3 Å². The highest BCUT2D eigenvalue weighted by atomic mass is 16.1. The van der Waals surface area contributed by atoms with E-state index in [0.717, 1.165) is 10.9 Å². The maximum Gasteiger partial charge on any atom is 0.228 e. The topological polar surface area (TPSA) is 17.1 Å². The molecule has 1 heteroatoms. The Bertz CT molecular complexity index is 518. The lowest BCUT2D eigenvalue weighted by Crippen LogP contribution is -1.80. The van der Waals surface area contributed by atoms with E-state index in [1.807, 2.05) is 36.6 Å². The van der Waals surface area contributed by atoms with Gasteiger partial charge in [0.15, 0.2) is 0 Å². The lowest BCUT2D eigenvalue weighted by molar-refractivity contribution is 0.562. The summed E-state index contributed by atoms with van der Waals surface area (Å²) in [6, 6.07) is 14.2. The van der Waals surface area contributed by atoms with Crippen LogP contribution in [0.3, 0.4) is 0 Å². The molecular weight excluding hydrogens is 184 g/mol. The molecule has 1 radical (unpaired) electrons. The van der Waals surface area contributed by atoms with Gasteiger partial charge in [0.2, 0.25) is 6.29 Å². The second-order valence-corrected chi connectivity index (χ2v) is 3.50. The van der Waals surface area contributed by atoms with E-state index < -0.39 is 0 Å². The van der Waals surface area contributed by atoms with Gasteiger partial charge in [-0.1, -0.05) is 42.5 Å². The molecule has 0 fully saturated rings. The molecule has 73 valence electrons. The number of fused-ring (bicyclic) bond motifs is 1. The Balaban J connectivity index is 2.66. The van der Waals surface area contributed by atoms with E-state index in [9.17, 15) is 4.79 Å². The molecule has 0 saturated heterocycles. The minimum absolute atomic E-state index is 0.617. The summed E-state index contributed by atoms with van der Waals surface area (Å²) in [4.78, 5) is 10.5. The van der Waals surface area contributed by atoms with Gasteiger partial charge in [-0.2, -0.15) is 0 Å². The second kappa shape index (κ2) is 4.09. The minimum Gasteiger partial charge on any atom is -0.285 e. The van der Waals surface area contributed by atoms with Crippen LogP contribution in [-0.2, 0) is 4.79 Å². The maximum absolute atomic E-state index is 10.5. The largest absolute Gasteiger partial charge is 0.285 e. The summed E-state index contributed by atoms with van der Waals surface area (Å²) in [6.45, 7) is 1.76. The molecule has 2 aromatic carbocycles. The zero-order valence-electron chi connectivity index (χ0n) is 8.53. The smallest absolute Gasteiger partial charge is 0.228 e. The Kier molecular flexibility index (Phi) is 2.64. The Labute approximate surface area is 89.0 Å². The average Bonchev–Trinajstić information content (AvgIpc) is 2.29. The fourth-order valence-electron chi connectivity index (χ4n) is 1.64. The zero-order chi connectivity index (χ0) is 10.7. The van der Waals surface area contributed by atoms with Crippen LogP contribution in [0.5, 0.6) is 0 Å². The predicted octanol–water partition coefficient (Wildman–Crippen LogP) is 3.35. The van der Waals surface area contributed by atoms with Crippen LogP contribution in [0.4, 0.5) is 0 Å². The molecule has 0 amide bonds. The van der Waals surface area contributed by atoms with Crippen molar-refractivity contribution in [2.24, 2.45) is 0 Å². The molecule has 0 heterocycles. The van der Waals surface area contributed by atoms with Crippen LogP contribution in [0.15, 0.2) is 48.0 Å². The first-order valence-corrected chi connectivity index (χ1v) is 4.85. The first-order chi connectivity index (χ1) is 7.31. The van der Waals surface area contributed by atoms with Gasteiger partial charge in [-0.25, -0.2) is 0 Å². The molecular formula is C14H11O. The molecule has 0 aliphatic heterocycles. The van der Waals surface area contributed by atoms with Crippen molar-refractivity contribution in [1.29, 1.82) is 0 Å². The number of carbonyl (C=O) groups excluding carboxylic acids is 1. The van der Waals surface area contributed by atoms with Gasteiger partial charge in [0.25, 0.3) is 0 Å². The number of hydrogen-bond donors (Lipinski definition) is 0. The van der Waals surface area contributed by atoms with Gasteiger partial charge in [-0.3, -0.25) is 4.79 Å². The van der Waals surface area contributed by atoms with Crippen molar-refractivity contribution in [3.05, 3.63) is 53.6 Å². The van der Waals surface area contributed by atoms with Crippen LogP contribution in [0.25, 0.3) is 16.8 Å². The number of allylic oxidation sites excluding steroid dienone is 1. The first-order valence-electron chi connectivity index (χ1n) is 4.85. The van der Waals surface area contributed by atoms with Crippen molar-refractivity contribution in [1.82, 2.24) is 0 Å². The van der Waals surface area contributed by atoms with E-state index in [-0.39, 0.29) is 0 Å². The van der Waals surface area contributed by atoms with Crippen LogP contribution in [0.2, 0.25) is 0 Å². The van der Waals surface area contributed by atoms with Gasteiger partial charge in [-0.15, -0.1) is 0 Å². The molecule has 0 aliphatic rings. The number of benzene rings is 2. The van der Waals surface area contributed by atoms with Crippen molar-refractivity contribution < 1.29 is 4.79 Å². The van der Waals surface area contributed by atoms with Gasteiger partial charge in [0.1, 0.15) is 0 Å². The Morgan fingerprint density at radius 2 is 1.87 bits per heavy atom.